The van der Waals surface area contributed by atoms with Gasteiger partial charge in [0.25, 0.3) is 0 Å². The number of aliphatic hydroxyl groups excluding tert-OH is 1. The van der Waals surface area contributed by atoms with Gasteiger partial charge in [0.1, 0.15) is 21.6 Å². The first-order valence-corrected chi connectivity index (χ1v) is 6.57. The Labute approximate surface area is 103 Å². The molecule has 0 saturated carbocycles. The maximum atomic E-state index is 12.1. The summed E-state index contributed by atoms with van der Waals surface area (Å²) >= 11 is 0. The molecule has 6 heteroatoms. The number of rotatable bonds is 3. The van der Waals surface area contributed by atoms with Gasteiger partial charge in [-0.15, -0.1) is 0 Å². The van der Waals surface area contributed by atoms with Crippen molar-refractivity contribution in [1.29, 1.82) is 0 Å². The number of pyridine rings is 1. The Bertz CT molecular complexity index is 423. The number of hydrogen-bond donors (Lipinski definition) is 2. The summed E-state index contributed by atoms with van der Waals surface area (Å²) in [5, 5.41) is 19.4. The zero-order valence-corrected chi connectivity index (χ0v) is 10.5. The van der Waals surface area contributed by atoms with Gasteiger partial charge in [-0.2, -0.15) is 0 Å². The third-order valence-electron chi connectivity index (χ3n) is 2.89. The minimum Gasteiger partial charge on any atom is -0.393 e. The summed E-state index contributed by atoms with van der Waals surface area (Å²) in [6.45, 7) is 2.33. The van der Waals surface area contributed by atoms with Crippen molar-refractivity contribution in [1.82, 2.24) is 9.29 Å². The molecule has 17 heavy (non-hydrogen) atoms. The highest BCUT2D eigenvalue weighted by Crippen LogP contribution is 2.23. The quantitative estimate of drug-likeness (QED) is 0.788. The average Bonchev–Trinajstić information content (AvgIpc) is 2.73. The fourth-order valence-corrected chi connectivity index (χ4v) is 2.99. The predicted molar refractivity (Wildman–Crippen MR) is 63.6 cm³/mol. The predicted octanol–water partition coefficient (Wildman–Crippen LogP) is -0.158. The number of hydrogen-bond acceptors (Lipinski definition) is 4. The van der Waals surface area contributed by atoms with Crippen LogP contribution in [0.5, 0.6) is 0 Å². The Morgan fingerprint density at radius 1 is 1.59 bits per heavy atom. The summed E-state index contributed by atoms with van der Waals surface area (Å²) in [6.07, 6.45) is 2.10. The number of β-amino-alcohol motifs (C(OH)–C–C–N with tert-alkyl or cyclic N) is 1. The van der Waals surface area contributed by atoms with Crippen molar-refractivity contribution < 1.29 is 14.4 Å². The lowest BCUT2D eigenvalue weighted by molar-refractivity contribution is -0.000509. The average molecular weight is 256 g/mol. The molecule has 1 fully saturated rings. The van der Waals surface area contributed by atoms with Crippen molar-refractivity contribution >= 4 is 11.0 Å². The Balaban J connectivity index is 2.09. The lowest BCUT2D eigenvalue weighted by atomic mass is 10.1. The van der Waals surface area contributed by atoms with E-state index in [-0.39, 0.29) is 13.2 Å². The smallest absolute Gasteiger partial charge is 0.146 e. The molecule has 2 heterocycles. The molecule has 1 saturated heterocycles. The lowest BCUT2D eigenvalue weighted by Crippen LogP contribution is -2.37. The van der Waals surface area contributed by atoms with Gasteiger partial charge in [0.2, 0.25) is 0 Å². The van der Waals surface area contributed by atoms with E-state index in [0.29, 0.717) is 18.0 Å². The van der Waals surface area contributed by atoms with E-state index >= 15 is 0 Å². The van der Waals surface area contributed by atoms with Gasteiger partial charge in [0.05, 0.1) is 6.61 Å². The van der Waals surface area contributed by atoms with Crippen molar-refractivity contribution in [2.45, 2.75) is 24.0 Å². The fourth-order valence-electron chi connectivity index (χ4n) is 1.78. The Morgan fingerprint density at radius 2 is 2.35 bits per heavy atom. The number of aliphatic hydroxyl groups is 2. The molecule has 1 aromatic heterocycles. The third-order valence-corrected chi connectivity index (χ3v) is 4.27. The molecule has 2 unspecified atom stereocenters. The standard InChI is InChI=1S/C11H16N2O3S/c1-9-2-3-10(12-6-9)17(16)13-5-4-11(15,7-13)8-14/h2-3,6,14-15H,4-5,7-8H2,1H3. The summed E-state index contributed by atoms with van der Waals surface area (Å²) in [5.74, 6) is 0. The second-order valence-electron chi connectivity index (χ2n) is 4.42. The monoisotopic (exact) mass is 256 g/mol. The highest BCUT2D eigenvalue weighted by molar-refractivity contribution is 7.82. The second kappa shape index (κ2) is 4.81. The molecule has 1 aliphatic rings. The van der Waals surface area contributed by atoms with Crippen LogP contribution < -0.4 is 0 Å². The van der Waals surface area contributed by atoms with Crippen LogP contribution in [0.4, 0.5) is 0 Å². The molecule has 5 nitrogen and oxygen atoms in total. The Kier molecular flexibility index (Phi) is 3.58. The first-order chi connectivity index (χ1) is 8.04. The largest absolute Gasteiger partial charge is 0.393 e. The zero-order chi connectivity index (χ0) is 12.5. The van der Waals surface area contributed by atoms with Crippen LogP contribution >= 0.6 is 0 Å². The summed E-state index contributed by atoms with van der Waals surface area (Å²) in [6, 6.07) is 3.58. The number of aryl methyl sites for hydroxylation is 1. The van der Waals surface area contributed by atoms with Gasteiger partial charge in [0, 0.05) is 19.3 Å². The highest BCUT2D eigenvalue weighted by Gasteiger charge is 2.38. The summed E-state index contributed by atoms with van der Waals surface area (Å²) in [5.41, 5.74) is -0.112. The van der Waals surface area contributed by atoms with E-state index in [2.05, 4.69) is 4.98 Å². The van der Waals surface area contributed by atoms with E-state index in [0.717, 1.165) is 5.56 Å². The van der Waals surface area contributed by atoms with Crippen molar-refractivity contribution in [3.05, 3.63) is 23.9 Å². The molecule has 2 N–H and O–H groups in total. The van der Waals surface area contributed by atoms with E-state index in [4.69, 9.17) is 5.11 Å². The van der Waals surface area contributed by atoms with Crippen LogP contribution in [-0.4, -0.2) is 49.0 Å². The van der Waals surface area contributed by atoms with E-state index in [1.165, 1.54) is 0 Å². The highest BCUT2D eigenvalue weighted by atomic mass is 32.2. The van der Waals surface area contributed by atoms with Gasteiger partial charge < -0.3 is 10.2 Å². The van der Waals surface area contributed by atoms with Crippen LogP contribution in [-0.2, 0) is 11.0 Å². The van der Waals surface area contributed by atoms with E-state index < -0.39 is 16.6 Å². The van der Waals surface area contributed by atoms with E-state index in [1.807, 2.05) is 13.0 Å². The van der Waals surface area contributed by atoms with Crippen LogP contribution in [0.1, 0.15) is 12.0 Å². The summed E-state index contributed by atoms with van der Waals surface area (Å²) in [4.78, 5) is 4.11. The molecule has 0 radical (unpaired) electrons. The van der Waals surface area contributed by atoms with Gasteiger partial charge in [0.15, 0.2) is 0 Å². The third kappa shape index (κ3) is 2.71. The zero-order valence-electron chi connectivity index (χ0n) is 9.67. The molecule has 0 bridgehead atoms. The van der Waals surface area contributed by atoms with E-state index in [1.54, 1.807) is 16.6 Å². The number of aromatic nitrogens is 1. The number of nitrogens with zero attached hydrogens (tertiary/aromatic N) is 2. The van der Waals surface area contributed by atoms with Gasteiger partial charge in [-0.1, -0.05) is 6.07 Å². The second-order valence-corrected chi connectivity index (χ2v) is 5.85. The molecular weight excluding hydrogens is 240 g/mol. The van der Waals surface area contributed by atoms with Gasteiger partial charge in [-0.05, 0) is 25.0 Å². The van der Waals surface area contributed by atoms with Crippen molar-refractivity contribution in [3.63, 3.8) is 0 Å². The van der Waals surface area contributed by atoms with Crippen LogP contribution in [0.25, 0.3) is 0 Å². The Hall–Kier alpha value is -0.820. The maximum Gasteiger partial charge on any atom is 0.146 e. The van der Waals surface area contributed by atoms with Gasteiger partial charge in [-0.3, -0.25) is 0 Å². The maximum absolute atomic E-state index is 12.1. The minimum absolute atomic E-state index is 0.214. The summed E-state index contributed by atoms with van der Waals surface area (Å²) in [7, 11) is -1.36. The van der Waals surface area contributed by atoms with Crippen molar-refractivity contribution in [2.24, 2.45) is 0 Å². The van der Waals surface area contributed by atoms with Crippen molar-refractivity contribution in [3.8, 4) is 0 Å². The molecule has 0 amide bonds. The normalized spacial score (nSPS) is 27.2. The van der Waals surface area contributed by atoms with Gasteiger partial charge in [-0.25, -0.2) is 13.5 Å². The van der Waals surface area contributed by atoms with Gasteiger partial charge >= 0.3 is 0 Å². The minimum atomic E-state index is -1.36. The molecular formula is C11H16N2O3S. The lowest BCUT2D eigenvalue weighted by Gasteiger charge is -2.19. The van der Waals surface area contributed by atoms with Crippen LogP contribution in [0, 0.1) is 6.92 Å². The molecule has 0 aromatic carbocycles. The van der Waals surface area contributed by atoms with Crippen molar-refractivity contribution in [2.75, 3.05) is 19.7 Å². The van der Waals surface area contributed by atoms with Crippen LogP contribution in [0.2, 0.25) is 0 Å². The Morgan fingerprint density at radius 3 is 2.88 bits per heavy atom. The molecule has 2 rings (SSSR count). The van der Waals surface area contributed by atoms with Crippen LogP contribution in [0.15, 0.2) is 23.4 Å². The molecule has 94 valence electrons. The first kappa shape index (κ1) is 12.6. The van der Waals surface area contributed by atoms with Crippen LogP contribution in [0.3, 0.4) is 0 Å². The SMILES string of the molecule is Cc1ccc(S(=O)N2CCC(O)(CO)C2)nc1. The molecule has 2 atom stereocenters. The fraction of sp³-hybridized carbons (Fsp3) is 0.545. The topological polar surface area (TPSA) is 73.7 Å². The molecule has 1 aromatic rings. The first-order valence-electron chi connectivity index (χ1n) is 5.47. The molecule has 1 aliphatic heterocycles. The molecule has 0 spiro atoms. The van der Waals surface area contributed by atoms with E-state index in [9.17, 15) is 9.32 Å². The summed E-state index contributed by atoms with van der Waals surface area (Å²) < 4.78 is 13.8. The molecule has 0 aliphatic carbocycles.